The van der Waals surface area contributed by atoms with E-state index in [0.29, 0.717) is 24.9 Å². The van der Waals surface area contributed by atoms with Crippen molar-refractivity contribution in [1.82, 2.24) is 5.32 Å². The van der Waals surface area contributed by atoms with Gasteiger partial charge in [-0.2, -0.15) is 0 Å². The number of amidine groups is 1. The summed E-state index contributed by atoms with van der Waals surface area (Å²) in [5.74, 6) is 1.59. The number of carbonyl (C=O) groups excluding carboxylic acids is 1. The van der Waals surface area contributed by atoms with Crippen molar-refractivity contribution >= 4 is 23.0 Å². The lowest BCUT2D eigenvalue weighted by Gasteiger charge is -2.14. The van der Waals surface area contributed by atoms with E-state index < -0.39 is 6.09 Å². The molecule has 0 heterocycles. The summed E-state index contributed by atoms with van der Waals surface area (Å²) in [6.45, 7) is 1.05. The van der Waals surface area contributed by atoms with E-state index in [9.17, 15) is 4.79 Å². The zero-order valence-electron chi connectivity index (χ0n) is 18.5. The highest BCUT2D eigenvalue weighted by Crippen LogP contribution is 2.44. The van der Waals surface area contributed by atoms with Crippen molar-refractivity contribution in [3.63, 3.8) is 0 Å². The van der Waals surface area contributed by atoms with Crippen LogP contribution in [-0.4, -0.2) is 38.1 Å². The van der Waals surface area contributed by atoms with E-state index in [2.05, 4.69) is 34.6 Å². The molecule has 1 aliphatic carbocycles. The number of hydrogen-bond acceptors (Lipinski definition) is 5. The SMILES string of the molecule is COc1ccc(CSC(N)=NCCNC(=O)OCC2c3ccccc3-c3ccccc32)cc1. The first-order valence-corrected chi connectivity index (χ1v) is 11.8. The molecule has 33 heavy (non-hydrogen) atoms. The number of hydrogen-bond donors (Lipinski definition) is 2. The van der Waals surface area contributed by atoms with Crippen LogP contribution in [0.2, 0.25) is 0 Å². The third-order valence-electron chi connectivity index (χ3n) is 5.54. The number of methoxy groups -OCH3 is 1. The summed E-state index contributed by atoms with van der Waals surface area (Å²) in [7, 11) is 1.64. The minimum absolute atomic E-state index is 0.0474. The standard InChI is InChI=1S/C26H27N3O3S/c1-31-19-12-10-18(11-13-19)17-33-25(27)28-14-15-29-26(30)32-16-24-22-8-4-2-6-20(22)21-7-3-5-9-23(21)24/h2-13,24H,14-17H2,1H3,(H2,27,28)(H,29,30). The van der Waals surface area contributed by atoms with Crippen LogP contribution in [0.3, 0.4) is 0 Å². The van der Waals surface area contributed by atoms with Gasteiger partial charge in [0.2, 0.25) is 0 Å². The Bertz CT molecular complexity index is 1090. The summed E-state index contributed by atoms with van der Waals surface area (Å²) in [6, 6.07) is 24.4. The van der Waals surface area contributed by atoms with Crippen molar-refractivity contribution in [3.05, 3.63) is 89.5 Å². The summed E-state index contributed by atoms with van der Waals surface area (Å²) < 4.78 is 10.7. The van der Waals surface area contributed by atoms with Crippen LogP contribution in [0.15, 0.2) is 77.8 Å². The number of nitrogens with two attached hydrogens (primary N) is 1. The molecule has 170 valence electrons. The molecule has 0 saturated carbocycles. The number of ether oxygens (including phenoxy) is 2. The number of benzene rings is 3. The van der Waals surface area contributed by atoms with Crippen LogP contribution in [0.1, 0.15) is 22.6 Å². The molecule has 0 bridgehead atoms. The van der Waals surface area contributed by atoms with E-state index in [-0.39, 0.29) is 5.92 Å². The lowest BCUT2D eigenvalue weighted by Crippen LogP contribution is -2.28. The molecule has 1 amide bonds. The molecule has 0 unspecified atom stereocenters. The van der Waals surface area contributed by atoms with Crippen molar-refractivity contribution < 1.29 is 14.3 Å². The van der Waals surface area contributed by atoms with Gasteiger partial charge in [-0.15, -0.1) is 0 Å². The molecule has 1 aliphatic rings. The van der Waals surface area contributed by atoms with Crippen LogP contribution in [-0.2, 0) is 10.5 Å². The minimum atomic E-state index is -0.448. The lowest BCUT2D eigenvalue weighted by molar-refractivity contribution is 0.143. The zero-order chi connectivity index (χ0) is 23.0. The molecule has 4 rings (SSSR count). The van der Waals surface area contributed by atoms with Gasteiger partial charge in [-0.3, -0.25) is 4.99 Å². The Hall–Kier alpha value is -3.45. The number of nitrogens with one attached hydrogen (secondary N) is 1. The summed E-state index contributed by atoms with van der Waals surface area (Å²) in [5, 5.41) is 3.24. The lowest BCUT2D eigenvalue weighted by atomic mass is 9.98. The first-order valence-electron chi connectivity index (χ1n) is 10.8. The van der Waals surface area contributed by atoms with Gasteiger partial charge in [0.25, 0.3) is 0 Å². The molecule has 0 saturated heterocycles. The molecule has 3 aromatic rings. The third kappa shape index (κ3) is 5.68. The van der Waals surface area contributed by atoms with Gasteiger partial charge in [0.15, 0.2) is 5.17 Å². The van der Waals surface area contributed by atoms with Gasteiger partial charge in [-0.1, -0.05) is 72.4 Å². The summed E-state index contributed by atoms with van der Waals surface area (Å²) in [5.41, 5.74) is 11.9. The van der Waals surface area contributed by atoms with Crippen LogP contribution in [0.25, 0.3) is 11.1 Å². The Balaban J connectivity index is 1.20. The second-order valence-electron chi connectivity index (χ2n) is 7.61. The van der Waals surface area contributed by atoms with E-state index in [1.807, 2.05) is 48.5 Å². The van der Waals surface area contributed by atoms with E-state index >= 15 is 0 Å². The normalized spacial score (nSPS) is 12.7. The van der Waals surface area contributed by atoms with Crippen LogP contribution < -0.4 is 15.8 Å². The molecular weight excluding hydrogens is 434 g/mol. The maximum Gasteiger partial charge on any atom is 0.407 e. The Morgan fingerprint density at radius 2 is 1.64 bits per heavy atom. The Morgan fingerprint density at radius 3 is 2.27 bits per heavy atom. The Kier molecular flexibility index (Phi) is 7.52. The number of fused-ring (bicyclic) bond motifs is 3. The number of rotatable bonds is 8. The quantitative estimate of drug-likeness (QED) is 0.286. The number of carbonyl (C=O) groups is 1. The predicted octanol–water partition coefficient (Wildman–Crippen LogP) is 4.78. The van der Waals surface area contributed by atoms with Gasteiger partial charge in [-0.25, -0.2) is 4.79 Å². The number of alkyl carbamates (subject to hydrolysis) is 1. The largest absolute Gasteiger partial charge is 0.497 e. The second-order valence-corrected chi connectivity index (χ2v) is 8.60. The van der Waals surface area contributed by atoms with E-state index in [0.717, 1.165) is 17.1 Å². The van der Waals surface area contributed by atoms with Crippen molar-refractivity contribution in [2.75, 3.05) is 26.8 Å². The fourth-order valence-electron chi connectivity index (χ4n) is 3.90. The maximum atomic E-state index is 12.2. The van der Waals surface area contributed by atoms with Crippen molar-refractivity contribution in [2.45, 2.75) is 11.7 Å². The smallest absolute Gasteiger partial charge is 0.407 e. The van der Waals surface area contributed by atoms with E-state index in [4.69, 9.17) is 15.2 Å². The fraction of sp³-hybridized carbons (Fsp3) is 0.231. The van der Waals surface area contributed by atoms with Crippen molar-refractivity contribution in [1.29, 1.82) is 0 Å². The fourth-order valence-corrected chi connectivity index (χ4v) is 4.59. The molecule has 0 atom stereocenters. The van der Waals surface area contributed by atoms with E-state index in [1.54, 1.807) is 7.11 Å². The van der Waals surface area contributed by atoms with Gasteiger partial charge in [0.1, 0.15) is 12.4 Å². The maximum absolute atomic E-state index is 12.2. The van der Waals surface area contributed by atoms with Gasteiger partial charge in [0.05, 0.1) is 13.7 Å². The summed E-state index contributed by atoms with van der Waals surface area (Å²) in [4.78, 5) is 16.5. The molecule has 3 aromatic carbocycles. The van der Waals surface area contributed by atoms with Gasteiger partial charge in [-0.05, 0) is 39.9 Å². The number of aliphatic imine (C=N–C) groups is 1. The highest BCUT2D eigenvalue weighted by atomic mass is 32.2. The third-order valence-corrected chi connectivity index (χ3v) is 6.44. The van der Waals surface area contributed by atoms with Crippen LogP contribution >= 0.6 is 11.8 Å². The average molecular weight is 462 g/mol. The second kappa shape index (κ2) is 10.9. The minimum Gasteiger partial charge on any atom is -0.497 e. The topological polar surface area (TPSA) is 85.9 Å². The molecular formula is C26H27N3O3S. The molecule has 7 heteroatoms. The first kappa shape index (κ1) is 22.7. The Labute approximate surface area is 198 Å². The molecule has 3 N–H and O–H groups in total. The highest BCUT2D eigenvalue weighted by molar-refractivity contribution is 8.13. The monoisotopic (exact) mass is 461 g/mol. The first-order chi connectivity index (χ1) is 16.2. The Morgan fingerprint density at radius 1 is 1.00 bits per heavy atom. The molecule has 0 fully saturated rings. The molecule has 6 nitrogen and oxygen atoms in total. The molecule has 0 radical (unpaired) electrons. The van der Waals surface area contributed by atoms with Gasteiger partial charge >= 0.3 is 6.09 Å². The van der Waals surface area contributed by atoms with Crippen LogP contribution in [0.5, 0.6) is 5.75 Å². The number of nitrogens with zero attached hydrogens (tertiary/aromatic N) is 1. The molecule has 0 spiro atoms. The molecule has 0 aliphatic heterocycles. The molecule has 0 aromatic heterocycles. The number of amides is 1. The van der Waals surface area contributed by atoms with Crippen LogP contribution in [0, 0.1) is 0 Å². The summed E-state index contributed by atoms with van der Waals surface area (Å²) >= 11 is 1.46. The highest BCUT2D eigenvalue weighted by Gasteiger charge is 2.28. The zero-order valence-corrected chi connectivity index (χ0v) is 19.3. The summed E-state index contributed by atoms with van der Waals surface area (Å²) in [6.07, 6.45) is -0.448. The van der Waals surface area contributed by atoms with Crippen molar-refractivity contribution in [3.8, 4) is 16.9 Å². The van der Waals surface area contributed by atoms with Crippen molar-refractivity contribution in [2.24, 2.45) is 10.7 Å². The van der Waals surface area contributed by atoms with Gasteiger partial charge < -0.3 is 20.5 Å². The van der Waals surface area contributed by atoms with Gasteiger partial charge in [0, 0.05) is 18.2 Å². The number of thioether (sulfide) groups is 1. The average Bonchev–Trinajstić information content (AvgIpc) is 3.18. The van der Waals surface area contributed by atoms with E-state index in [1.165, 1.54) is 34.0 Å². The van der Waals surface area contributed by atoms with Crippen LogP contribution in [0.4, 0.5) is 4.79 Å². The predicted molar refractivity (Wildman–Crippen MR) is 134 cm³/mol.